The number of nitro groups is 1. The molecular weight excluding hydrogens is 268 g/mol. The van der Waals surface area contributed by atoms with Crippen LogP contribution in [0.2, 0.25) is 0 Å². The molecule has 1 N–H and O–H groups in total. The van der Waals surface area contributed by atoms with E-state index in [0.717, 1.165) is 18.6 Å². The molecule has 0 aliphatic rings. The van der Waals surface area contributed by atoms with Crippen molar-refractivity contribution in [3.8, 4) is 0 Å². The molecule has 0 aromatic heterocycles. The van der Waals surface area contributed by atoms with E-state index in [1.54, 1.807) is 19.2 Å². The summed E-state index contributed by atoms with van der Waals surface area (Å²) < 4.78 is 5.74. The lowest BCUT2D eigenvalue weighted by atomic mass is 10.0. The largest absolute Gasteiger partial charge is 0.383 e. The molecule has 118 valence electrons. The Hall–Kier alpha value is -1.62. The van der Waals surface area contributed by atoms with Crippen molar-refractivity contribution < 1.29 is 9.66 Å². The zero-order valence-electron chi connectivity index (χ0n) is 13.2. The van der Waals surface area contributed by atoms with E-state index >= 15 is 0 Å². The van der Waals surface area contributed by atoms with Gasteiger partial charge < -0.3 is 10.1 Å². The molecule has 0 radical (unpaired) electrons. The minimum atomic E-state index is -0.370. The molecule has 1 unspecified atom stereocenters. The van der Waals surface area contributed by atoms with Crippen molar-refractivity contribution in [1.82, 2.24) is 0 Å². The van der Waals surface area contributed by atoms with Gasteiger partial charge in [0, 0.05) is 19.7 Å². The molecule has 1 rings (SSSR count). The molecule has 1 atom stereocenters. The number of benzene rings is 1. The minimum absolute atomic E-state index is 0.0941. The zero-order chi connectivity index (χ0) is 15.7. The normalized spacial score (nSPS) is 12.1. The molecule has 5 heteroatoms. The van der Waals surface area contributed by atoms with Crippen LogP contribution < -0.4 is 5.32 Å². The van der Waals surface area contributed by atoms with E-state index in [4.69, 9.17) is 4.74 Å². The predicted molar refractivity (Wildman–Crippen MR) is 85.6 cm³/mol. The Morgan fingerprint density at radius 2 is 2.14 bits per heavy atom. The Labute approximate surface area is 126 Å². The molecule has 0 amide bonds. The lowest BCUT2D eigenvalue weighted by molar-refractivity contribution is -0.384. The fourth-order valence-corrected chi connectivity index (χ4v) is 2.27. The first kappa shape index (κ1) is 17.4. The van der Waals surface area contributed by atoms with Crippen LogP contribution in [0.5, 0.6) is 0 Å². The minimum Gasteiger partial charge on any atom is -0.383 e. The van der Waals surface area contributed by atoms with E-state index in [-0.39, 0.29) is 10.6 Å². The molecule has 0 aliphatic carbocycles. The first-order valence-corrected chi connectivity index (χ1v) is 7.65. The van der Waals surface area contributed by atoms with Crippen molar-refractivity contribution in [2.75, 3.05) is 19.0 Å². The van der Waals surface area contributed by atoms with Gasteiger partial charge in [-0.3, -0.25) is 10.1 Å². The maximum Gasteiger partial charge on any atom is 0.292 e. The van der Waals surface area contributed by atoms with Crippen LogP contribution in [0.4, 0.5) is 11.4 Å². The Morgan fingerprint density at radius 3 is 2.71 bits per heavy atom. The predicted octanol–water partition coefficient (Wildman–Crippen LogP) is 4.37. The van der Waals surface area contributed by atoms with Crippen molar-refractivity contribution >= 4 is 11.4 Å². The third kappa shape index (κ3) is 5.71. The highest BCUT2D eigenvalue weighted by Gasteiger charge is 2.13. The van der Waals surface area contributed by atoms with Crippen molar-refractivity contribution in [1.29, 1.82) is 0 Å². The molecular formula is C16H26N2O3. The molecule has 0 fully saturated rings. The summed E-state index contributed by atoms with van der Waals surface area (Å²) in [5, 5.41) is 13.8. The second-order valence-corrected chi connectivity index (χ2v) is 5.29. The van der Waals surface area contributed by atoms with Crippen LogP contribution in [0.3, 0.4) is 0 Å². The van der Waals surface area contributed by atoms with Gasteiger partial charge in [0.05, 0.1) is 11.5 Å². The third-order valence-electron chi connectivity index (χ3n) is 3.69. The summed E-state index contributed by atoms with van der Waals surface area (Å²) in [7, 11) is 1.68. The number of ether oxygens (including phenoxy) is 1. The fraction of sp³-hybridized carbons (Fsp3) is 0.625. The van der Waals surface area contributed by atoms with Crippen LogP contribution in [0, 0.1) is 16.0 Å². The quantitative estimate of drug-likeness (QED) is 0.514. The highest BCUT2D eigenvalue weighted by molar-refractivity contribution is 5.62. The smallest absolute Gasteiger partial charge is 0.292 e. The van der Waals surface area contributed by atoms with E-state index in [2.05, 4.69) is 19.2 Å². The van der Waals surface area contributed by atoms with E-state index in [9.17, 15) is 10.1 Å². The van der Waals surface area contributed by atoms with Crippen LogP contribution in [0.15, 0.2) is 18.2 Å². The summed E-state index contributed by atoms with van der Waals surface area (Å²) in [6.45, 7) is 5.51. The van der Waals surface area contributed by atoms with Gasteiger partial charge in [-0.25, -0.2) is 0 Å². The standard InChI is InChI=1S/C16H26N2O3/c1-4-6-7-13(5-2)11-21-12-14-8-9-15(17-3)16(10-14)18(19)20/h8-10,13,17H,4-7,11-12H2,1-3H3. The van der Waals surface area contributed by atoms with Gasteiger partial charge in [0.15, 0.2) is 0 Å². The van der Waals surface area contributed by atoms with Gasteiger partial charge in [-0.2, -0.15) is 0 Å². The number of anilines is 1. The Balaban J connectivity index is 2.55. The molecule has 0 spiro atoms. The lowest BCUT2D eigenvalue weighted by Gasteiger charge is -2.14. The van der Waals surface area contributed by atoms with E-state index in [0.29, 0.717) is 18.2 Å². The monoisotopic (exact) mass is 294 g/mol. The molecule has 21 heavy (non-hydrogen) atoms. The second kappa shape index (κ2) is 9.34. The number of nitro benzene ring substituents is 1. The van der Waals surface area contributed by atoms with Gasteiger partial charge in [-0.05, 0) is 24.0 Å². The summed E-state index contributed by atoms with van der Waals surface area (Å²) in [5.74, 6) is 0.580. The molecule has 1 aromatic carbocycles. The highest BCUT2D eigenvalue weighted by atomic mass is 16.6. The van der Waals surface area contributed by atoms with E-state index in [1.807, 2.05) is 6.07 Å². The van der Waals surface area contributed by atoms with Crippen molar-refractivity contribution in [2.45, 2.75) is 46.1 Å². The topological polar surface area (TPSA) is 64.4 Å². The van der Waals surface area contributed by atoms with Crippen LogP contribution in [0.25, 0.3) is 0 Å². The number of rotatable bonds is 10. The Kier molecular flexibility index (Phi) is 7.75. The van der Waals surface area contributed by atoms with Gasteiger partial charge >= 0.3 is 0 Å². The Morgan fingerprint density at radius 1 is 1.38 bits per heavy atom. The molecule has 1 aromatic rings. The number of nitrogens with zero attached hydrogens (tertiary/aromatic N) is 1. The number of hydrogen-bond donors (Lipinski definition) is 1. The first-order valence-electron chi connectivity index (χ1n) is 7.65. The molecule has 0 saturated heterocycles. The van der Waals surface area contributed by atoms with E-state index in [1.165, 1.54) is 19.3 Å². The van der Waals surface area contributed by atoms with Crippen molar-refractivity contribution in [3.63, 3.8) is 0 Å². The maximum absolute atomic E-state index is 11.0. The lowest BCUT2D eigenvalue weighted by Crippen LogP contribution is -2.09. The van der Waals surface area contributed by atoms with Gasteiger partial charge in [-0.15, -0.1) is 0 Å². The number of unbranched alkanes of at least 4 members (excludes halogenated alkanes) is 1. The summed E-state index contributed by atoms with van der Waals surface area (Å²) >= 11 is 0. The molecule has 0 bridgehead atoms. The van der Waals surface area contributed by atoms with Gasteiger partial charge in [0.1, 0.15) is 5.69 Å². The van der Waals surface area contributed by atoms with Crippen LogP contribution >= 0.6 is 0 Å². The van der Waals surface area contributed by atoms with E-state index < -0.39 is 0 Å². The van der Waals surface area contributed by atoms with Crippen molar-refractivity contribution in [2.24, 2.45) is 5.92 Å². The average molecular weight is 294 g/mol. The molecule has 0 saturated carbocycles. The SMILES string of the molecule is CCCCC(CC)COCc1ccc(NC)c([N+](=O)[O-])c1. The number of hydrogen-bond acceptors (Lipinski definition) is 4. The maximum atomic E-state index is 11.0. The summed E-state index contributed by atoms with van der Waals surface area (Å²) in [4.78, 5) is 10.6. The average Bonchev–Trinajstić information content (AvgIpc) is 2.50. The molecule has 0 aliphatic heterocycles. The number of nitrogens with one attached hydrogen (secondary N) is 1. The molecule has 0 heterocycles. The van der Waals surface area contributed by atoms with Gasteiger partial charge in [-0.1, -0.05) is 39.2 Å². The van der Waals surface area contributed by atoms with Gasteiger partial charge in [0.2, 0.25) is 0 Å². The third-order valence-corrected chi connectivity index (χ3v) is 3.69. The zero-order valence-corrected chi connectivity index (χ0v) is 13.2. The van der Waals surface area contributed by atoms with Gasteiger partial charge in [0.25, 0.3) is 5.69 Å². The second-order valence-electron chi connectivity index (χ2n) is 5.29. The summed E-state index contributed by atoms with van der Waals surface area (Å²) in [5.41, 5.74) is 1.46. The molecule has 5 nitrogen and oxygen atoms in total. The van der Waals surface area contributed by atoms with Crippen LogP contribution in [0.1, 0.15) is 45.1 Å². The van der Waals surface area contributed by atoms with Crippen LogP contribution in [-0.4, -0.2) is 18.6 Å². The Bertz CT molecular complexity index is 449. The first-order chi connectivity index (χ1) is 10.1. The fourth-order valence-electron chi connectivity index (χ4n) is 2.27. The van der Waals surface area contributed by atoms with Crippen LogP contribution in [-0.2, 0) is 11.3 Å². The summed E-state index contributed by atoms with van der Waals surface area (Å²) in [6, 6.07) is 5.18. The summed E-state index contributed by atoms with van der Waals surface area (Å²) in [6.07, 6.45) is 4.73. The highest BCUT2D eigenvalue weighted by Crippen LogP contribution is 2.25. The van der Waals surface area contributed by atoms with Crippen molar-refractivity contribution in [3.05, 3.63) is 33.9 Å².